The summed E-state index contributed by atoms with van der Waals surface area (Å²) in [6.45, 7) is 2.09. The van der Waals surface area contributed by atoms with Crippen LogP contribution in [0, 0.1) is 0 Å². The number of benzene rings is 1. The molecule has 0 N–H and O–H groups in total. The van der Waals surface area contributed by atoms with Gasteiger partial charge < -0.3 is 0 Å². The maximum atomic E-state index is 11.9. The monoisotopic (exact) mass is 296 g/mol. The molecule has 1 aromatic carbocycles. The first kappa shape index (κ1) is 14.3. The van der Waals surface area contributed by atoms with Crippen molar-refractivity contribution in [3.05, 3.63) is 32.8 Å². The lowest BCUT2D eigenvalue weighted by Gasteiger charge is -2.07. The molecule has 0 heterocycles. The Kier molecular flexibility index (Phi) is 6.07. The van der Waals surface area contributed by atoms with E-state index in [1.54, 1.807) is 12.1 Å². The molecule has 1 rings (SSSR count). The van der Waals surface area contributed by atoms with Crippen molar-refractivity contribution in [2.24, 2.45) is 0 Å². The van der Waals surface area contributed by atoms with Crippen LogP contribution in [0.1, 0.15) is 30.1 Å². The van der Waals surface area contributed by atoms with E-state index in [-0.39, 0.29) is 19.1 Å². The Hall–Kier alpha value is 0.190. The molecule has 0 aliphatic carbocycles. The zero-order valence-electron chi connectivity index (χ0n) is 8.82. The first-order valence-corrected chi connectivity index (χ1v) is 7.33. The van der Waals surface area contributed by atoms with Gasteiger partial charge in [0.25, 0.3) is 0 Å². The summed E-state index contributed by atoms with van der Waals surface area (Å²) in [6.07, 6.45) is 3.01. The van der Waals surface area contributed by atoms with Gasteiger partial charge in [0, 0.05) is 0 Å². The van der Waals surface area contributed by atoms with E-state index in [9.17, 15) is 4.79 Å². The third-order valence-electron chi connectivity index (χ3n) is 2.09. The number of halogens is 3. The van der Waals surface area contributed by atoms with E-state index < -0.39 is 0 Å². The van der Waals surface area contributed by atoms with Gasteiger partial charge in [0.15, 0.2) is 5.52 Å². The second-order valence-electron chi connectivity index (χ2n) is 3.33. The lowest BCUT2D eigenvalue weighted by atomic mass is 10.2. The fourth-order valence-electron chi connectivity index (χ4n) is 1.20. The largest absolute Gasteiger partial charge is 0.289 e. The Morgan fingerprint density at radius 2 is 1.88 bits per heavy atom. The van der Waals surface area contributed by atoms with Gasteiger partial charge in [-0.05, 0) is 33.3 Å². The second-order valence-corrected chi connectivity index (χ2v) is 5.83. The predicted octanol–water partition coefficient (Wildman–Crippen LogP) is 5.27. The van der Waals surface area contributed by atoms with Crippen LogP contribution in [-0.4, -0.2) is 11.7 Å². The molecule has 0 amide bonds. The SMILES string of the molecule is CCCCPC(=O)c1c(Cl)ccc(Cl)c1Cl. The minimum Gasteiger partial charge on any atom is -0.289 e. The Labute approximate surface area is 112 Å². The highest BCUT2D eigenvalue weighted by molar-refractivity contribution is 7.58. The lowest BCUT2D eigenvalue weighted by Crippen LogP contribution is -1.96. The van der Waals surface area contributed by atoms with E-state index >= 15 is 0 Å². The smallest absolute Gasteiger partial charge is 0.184 e. The fraction of sp³-hybridized carbons (Fsp3) is 0.364. The number of carbonyl (C=O) groups is 1. The van der Waals surface area contributed by atoms with Crippen molar-refractivity contribution in [1.82, 2.24) is 0 Å². The van der Waals surface area contributed by atoms with Gasteiger partial charge in [0.05, 0.1) is 20.6 Å². The normalized spacial score (nSPS) is 11.2. The van der Waals surface area contributed by atoms with E-state index in [1.165, 1.54) is 0 Å². The molecule has 1 unspecified atom stereocenters. The van der Waals surface area contributed by atoms with E-state index in [4.69, 9.17) is 34.8 Å². The Bertz CT molecular complexity index is 393. The molecule has 1 atom stereocenters. The van der Waals surface area contributed by atoms with Gasteiger partial charge in [-0.2, -0.15) is 0 Å². The van der Waals surface area contributed by atoms with Crippen LogP contribution < -0.4 is 0 Å². The molecule has 0 aliphatic rings. The second kappa shape index (κ2) is 6.81. The summed E-state index contributed by atoms with van der Waals surface area (Å²) >= 11 is 17.8. The molecule has 0 bridgehead atoms. The van der Waals surface area contributed by atoms with Crippen molar-refractivity contribution in [2.45, 2.75) is 19.8 Å². The average molecular weight is 298 g/mol. The van der Waals surface area contributed by atoms with E-state index in [1.807, 2.05) is 0 Å². The van der Waals surface area contributed by atoms with E-state index in [0.717, 1.165) is 19.0 Å². The maximum Gasteiger partial charge on any atom is 0.184 e. The van der Waals surface area contributed by atoms with Gasteiger partial charge in [-0.25, -0.2) is 0 Å². The zero-order chi connectivity index (χ0) is 12.1. The minimum absolute atomic E-state index is 0.00838. The molecule has 0 fully saturated rings. The highest BCUT2D eigenvalue weighted by atomic mass is 35.5. The van der Waals surface area contributed by atoms with Crippen molar-refractivity contribution in [1.29, 1.82) is 0 Å². The van der Waals surface area contributed by atoms with Gasteiger partial charge in [0.1, 0.15) is 0 Å². The van der Waals surface area contributed by atoms with Gasteiger partial charge in [-0.1, -0.05) is 48.1 Å². The molecule has 0 spiro atoms. The summed E-state index contributed by atoms with van der Waals surface area (Å²) in [4.78, 5) is 11.9. The van der Waals surface area contributed by atoms with Crippen LogP contribution >= 0.6 is 43.4 Å². The molecule has 0 aromatic heterocycles. The first-order valence-electron chi connectivity index (χ1n) is 4.99. The van der Waals surface area contributed by atoms with Gasteiger partial charge >= 0.3 is 0 Å². The van der Waals surface area contributed by atoms with Crippen LogP contribution in [0.2, 0.25) is 15.1 Å². The van der Waals surface area contributed by atoms with Crippen molar-refractivity contribution in [3.63, 3.8) is 0 Å². The van der Waals surface area contributed by atoms with Crippen LogP contribution in [-0.2, 0) is 0 Å². The fourth-order valence-corrected chi connectivity index (χ4v) is 3.25. The molecular formula is C11H12Cl3OP. The number of hydrogen-bond donors (Lipinski definition) is 0. The summed E-state index contributed by atoms with van der Waals surface area (Å²) < 4.78 is 0. The Balaban J connectivity index is 2.86. The predicted molar refractivity (Wildman–Crippen MR) is 73.9 cm³/mol. The Morgan fingerprint density at radius 1 is 1.25 bits per heavy atom. The van der Waals surface area contributed by atoms with Crippen LogP contribution in [0.15, 0.2) is 12.1 Å². The summed E-state index contributed by atoms with van der Waals surface area (Å²) in [5.41, 5.74) is 0.358. The number of carbonyl (C=O) groups excluding carboxylic acids is 1. The highest BCUT2D eigenvalue weighted by Crippen LogP contribution is 2.35. The molecule has 1 aromatic rings. The van der Waals surface area contributed by atoms with Crippen LogP contribution in [0.3, 0.4) is 0 Å². The standard InChI is InChI=1S/C11H12Cl3OP/c1-2-3-6-16-11(15)9-7(12)4-5-8(13)10(9)14/h4-5,16H,2-3,6H2,1H3. The van der Waals surface area contributed by atoms with Crippen LogP contribution in [0.5, 0.6) is 0 Å². The molecule has 0 saturated carbocycles. The molecule has 0 radical (unpaired) electrons. The first-order chi connectivity index (χ1) is 7.57. The number of hydrogen-bond acceptors (Lipinski definition) is 1. The summed E-state index contributed by atoms with van der Waals surface area (Å²) in [5.74, 6) is 0. The lowest BCUT2D eigenvalue weighted by molar-refractivity contribution is 0.108. The van der Waals surface area contributed by atoms with Crippen molar-refractivity contribution < 1.29 is 4.79 Å². The maximum absolute atomic E-state index is 11.9. The van der Waals surface area contributed by atoms with Crippen LogP contribution in [0.25, 0.3) is 0 Å². The summed E-state index contributed by atoms with van der Waals surface area (Å²) in [7, 11) is 0.213. The van der Waals surface area contributed by atoms with Gasteiger partial charge in [-0.15, -0.1) is 0 Å². The quantitative estimate of drug-likeness (QED) is 0.411. The van der Waals surface area contributed by atoms with Gasteiger partial charge in [0.2, 0.25) is 0 Å². The van der Waals surface area contributed by atoms with E-state index in [2.05, 4.69) is 6.92 Å². The van der Waals surface area contributed by atoms with Crippen molar-refractivity contribution >= 4 is 48.9 Å². The van der Waals surface area contributed by atoms with E-state index in [0.29, 0.717) is 15.6 Å². The van der Waals surface area contributed by atoms with Crippen molar-refractivity contribution in [2.75, 3.05) is 6.16 Å². The van der Waals surface area contributed by atoms with Crippen LogP contribution in [0.4, 0.5) is 0 Å². The topological polar surface area (TPSA) is 17.1 Å². The molecule has 5 heteroatoms. The highest BCUT2D eigenvalue weighted by Gasteiger charge is 2.16. The van der Waals surface area contributed by atoms with Crippen molar-refractivity contribution in [3.8, 4) is 0 Å². The molecule has 0 saturated heterocycles. The molecular weight excluding hydrogens is 285 g/mol. The third kappa shape index (κ3) is 3.60. The number of unbranched alkanes of at least 4 members (excludes halogenated alkanes) is 1. The Morgan fingerprint density at radius 3 is 2.50 bits per heavy atom. The molecule has 1 nitrogen and oxygen atoms in total. The summed E-state index contributed by atoms with van der Waals surface area (Å²) in [5, 5.41) is 1.02. The van der Waals surface area contributed by atoms with Gasteiger partial charge in [-0.3, -0.25) is 4.79 Å². The summed E-state index contributed by atoms with van der Waals surface area (Å²) in [6, 6.07) is 3.20. The number of rotatable bonds is 5. The molecule has 88 valence electrons. The molecule has 0 aliphatic heterocycles. The average Bonchev–Trinajstić information content (AvgIpc) is 2.24. The minimum atomic E-state index is -0.00838. The third-order valence-corrected chi connectivity index (χ3v) is 4.38. The zero-order valence-corrected chi connectivity index (χ0v) is 12.1. The molecule has 16 heavy (non-hydrogen) atoms.